The first-order chi connectivity index (χ1) is 10.7. The molecule has 5 nitrogen and oxygen atoms in total. The first-order valence-corrected chi connectivity index (χ1v) is 5.85. The van der Waals surface area contributed by atoms with Gasteiger partial charge in [-0.3, -0.25) is 4.79 Å². The molecule has 1 rings (SSSR count). The van der Waals surface area contributed by atoms with Gasteiger partial charge in [-0.15, -0.1) is 0 Å². The fourth-order valence-corrected chi connectivity index (χ4v) is 1.50. The highest BCUT2D eigenvalue weighted by molar-refractivity contribution is 6.46. The van der Waals surface area contributed by atoms with Crippen molar-refractivity contribution in [1.82, 2.24) is 0 Å². The van der Waals surface area contributed by atoms with Gasteiger partial charge in [0, 0.05) is 6.21 Å². The predicted molar refractivity (Wildman–Crippen MR) is 66.2 cm³/mol. The van der Waals surface area contributed by atoms with E-state index in [1.807, 2.05) is 0 Å². The fraction of sp³-hybridized carbons (Fsp3) is 0.154. The first-order valence-electron chi connectivity index (χ1n) is 5.85. The summed E-state index contributed by atoms with van der Waals surface area (Å²) < 4.78 is 70.4. The maximum absolute atomic E-state index is 13.5. The second kappa shape index (κ2) is 6.99. The largest absolute Gasteiger partial charge is 0.506 e. The number of ketones is 1. The van der Waals surface area contributed by atoms with E-state index in [1.165, 1.54) is 6.92 Å². The average Bonchev–Trinajstić information content (AvgIpc) is 2.52. The van der Waals surface area contributed by atoms with Crippen LogP contribution in [0.1, 0.15) is 12.5 Å². The molecule has 0 saturated heterocycles. The lowest BCUT2D eigenvalue weighted by Crippen LogP contribution is -2.22. The Kier molecular flexibility index (Phi) is 5.55. The molecule has 0 aliphatic rings. The fourth-order valence-electron chi connectivity index (χ4n) is 1.50. The van der Waals surface area contributed by atoms with Crippen molar-refractivity contribution in [2.75, 3.05) is 6.61 Å². The van der Waals surface area contributed by atoms with Crippen LogP contribution in [0.2, 0.25) is 0 Å². The van der Waals surface area contributed by atoms with E-state index in [-0.39, 0.29) is 12.8 Å². The normalized spacial score (nSPS) is 11.7. The topological polar surface area (TPSA) is 87.5 Å². The molecule has 0 aromatic heterocycles. The maximum Gasteiger partial charge on any atom is 0.379 e. The summed E-state index contributed by atoms with van der Waals surface area (Å²) in [4.78, 5) is 22.8. The SMILES string of the molecule is CCOC(=O)C(=O)/C(C=N)=C(\O)c1c(F)c(F)c(F)c(F)c1F. The molecule has 0 atom stereocenters. The number of carbonyl (C=O) groups is 2. The summed E-state index contributed by atoms with van der Waals surface area (Å²) in [5.74, 6) is -17.1. The van der Waals surface area contributed by atoms with E-state index in [1.54, 1.807) is 0 Å². The van der Waals surface area contributed by atoms with Crippen LogP contribution in [-0.2, 0) is 14.3 Å². The monoisotopic (exact) mass is 337 g/mol. The number of aliphatic hydroxyl groups excluding tert-OH is 1. The number of Topliss-reactive ketones (excluding diaryl/α,β-unsaturated/α-hetero) is 1. The zero-order valence-electron chi connectivity index (χ0n) is 11.3. The standard InChI is InChI=1S/C13H8F5NO4/c1-2-23-13(22)12(21)4(3-19)11(20)5-6(14)8(16)10(18)9(17)7(5)15/h3,19-20H,2H2,1H3/b11-4-,19-3?. The van der Waals surface area contributed by atoms with Gasteiger partial charge in [0.2, 0.25) is 5.82 Å². The highest BCUT2D eigenvalue weighted by Gasteiger charge is 2.31. The number of benzene rings is 1. The number of nitrogens with one attached hydrogen (secondary N) is 1. The number of aliphatic hydroxyl groups is 1. The second-order valence-electron chi connectivity index (χ2n) is 3.90. The van der Waals surface area contributed by atoms with E-state index in [0.29, 0.717) is 0 Å². The van der Waals surface area contributed by atoms with Crippen molar-refractivity contribution in [2.45, 2.75) is 6.92 Å². The number of hydrogen-bond acceptors (Lipinski definition) is 5. The number of esters is 1. The van der Waals surface area contributed by atoms with Gasteiger partial charge in [-0.25, -0.2) is 26.7 Å². The van der Waals surface area contributed by atoms with Crippen molar-refractivity contribution < 1.29 is 41.4 Å². The molecule has 0 saturated carbocycles. The number of halogens is 5. The second-order valence-corrected chi connectivity index (χ2v) is 3.90. The quantitative estimate of drug-likeness (QED) is 0.126. The van der Waals surface area contributed by atoms with Crippen molar-refractivity contribution in [3.05, 3.63) is 40.2 Å². The molecule has 23 heavy (non-hydrogen) atoms. The summed E-state index contributed by atoms with van der Waals surface area (Å²) in [6.07, 6.45) is 0.0205. The highest BCUT2D eigenvalue weighted by Crippen LogP contribution is 2.28. The van der Waals surface area contributed by atoms with E-state index in [0.717, 1.165) is 0 Å². The lowest BCUT2D eigenvalue weighted by Gasteiger charge is -2.10. The van der Waals surface area contributed by atoms with Gasteiger partial charge in [0.25, 0.3) is 5.78 Å². The summed E-state index contributed by atoms with van der Waals surface area (Å²) in [6, 6.07) is 0. The number of rotatable bonds is 5. The highest BCUT2D eigenvalue weighted by atomic mass is 19.2. The van der Waals surface area contributed by atoms with E-state index < -0.39 is 57.7 Å². The molecule has 0 aliphatic heterocycles. The van der Waals surface area contributed by atoms with Gasteiger partial charge in [-0.1, -0.05) is 0 Å². The van der Waals surface area contributed by atoms with Crippen molar-refractivity contribution >= 4 is 23.7 Å². The molecule has 0 radical (unpaired) electrons. The van der Waals surface area contributed by atoms with E-state index in [9.17, 15) is 36.6 Å². The van der Waals surface area contributed by atoms with Crippen LogP contribution in [0.3, 0.4) is 0 Å². The smallest absolute Gasteiger partial charge is 0.379 e. The molecule has 1 aromatic carbocycles. The minimum Gasteiger partial charge on any atom is -0.506 e. The molecule has 0 heterocycles. The molecule has 1 aromatic rings. The Morgan fingerprint density at radius 1 is 1.04 bits per heavy atom. The third kappa shape index (κ3) is 3.20. The number of ether oxygens (including phenoxy) is 1. The van der Waals surface area contributed by atoms with E-state index in [2.05, 4.69) is 4.74 Å². The Morgan fingerprint density at radius 2 is 1.48 bits per heavy atom. The van der Waals surface area contributed by atoms with Crippen LogP contribution >= 0.6 is 0 Å². The number of hydrogen-bond donors (Lipinski definition) is 2. The van der Waals surface area contributed by atoms with E-state index >= 15 is 0 Å². The molecular formula is C13H8F5NO4. The molecule has 2 N–H and O–H groups in total. The summed E-state index contributed by atoms with van der Waals surface area (Å²) in [7, 11) is 0. The van der Waals surface area contributed by atoms with Crippen molar-refractivity contribution in [3.8, 4) is 0 Å². The molecule has 0 fully saturated rings. The zero-order chi connectivity index (χ0) is 17.9. The number of carbonyl (C=O) groups excluding carboxylic acids is 2. The van der Waals surface area contributed by atoms with Crippen LogP contribution < -0.4 is 0 Å². The molecule has 0 bridgehead atoms. The van der Waals surface area contributed by atoms with Gasteiger partial charge in [-0.2, -0.15) is 0 Å². The Labute approximate surface area is 125 Å². The zero-order valence-corrected chi connectivity index (χ0v) is 11.3. The van der Waals surface area contributed by atoms with Gasteiger partial charge >= 0.3 is 5.97 Å². The van der Waals surface area contributed by atoms with Gasteiger partial charge in [0.05, 0.1) is 17.7 Å². The molecular weight excluding hydrogens is 329 g/mol. The molecule has 10 heteroatoms. The lowest BCUT2D eigenvalue weighted by atomic mass is 10.0. The Balaban J connectivity index is 3.64. The van der Waals surface area contributed by atoms with Crippen LogP contribution in [0.4, 0.5) is 22.0 Å². The molecule has 0 unspecified atom stereocenters. The summed E-state index contributed by atoms with van der Waals surface area (Å²) in [6.45, 7) is 1.06. The Hall–Kier alpha value is -2.78. The van der Waals surface area contributed by atoms with Crippen LogP contribution in [0.25, 0.3) is 5.76 Å². The predicted octanol–water partition coefficient (Wildman–Crippen LogP) is 2.43. The average molecular weight is 337 g/mol. The Bertz CT molecular complexity index is 701. The molecule has 0 amide bonds. The van der Waals surface area contributed by atoms with Gasteiger partial charge in [0.15, 0.2) is 23.3 Å². The van der Waals surface area contributed by atoms with E-state index in [4.69, 9.17) is 5.41 Å². The van der Waals surface area contributed by atoms with Crippen LogP contribution in [-0.4, -0.2) is 29.7 Å². The third-order valence-corrected chi connectivity index (χ3v) is 2.55. The summed E-state index contributed by atoms with van der Waals surface area (Å²) in [5.41, 5.74) is -3.13. The minimum absolute atomic E-state index is 0.0205. The van der Waals surface area contributed by atoms with Crippen molar-refractivity contribution in [1.29, 1.82) is 5.41 Å². The lowest BCUT2D eigenvalue weighted by molar-refractivity contribution is -0.151. The van der Waals surface area contributed by atoms with Crippen molar-refractivity contribution in [2.24, 2.45) is 0 Å². The minimum atomic E-state index is -2.47. The molecule has 0 spiro atoms. The van der Waals surface area contributed by atoms with Gasteiger partial charge in [-0.05, 0) is 6.92 Å². The summed E-state index contributed by atoms with van der Waals surface area (Å²) >= 11 is 0. The first kappa shape index (κ1) is 18.3. The molecule has 124 valence electrons. The third-order valence-electron chi connectivity index (χ3n) is 2.55. The van der Waals surface area contributed by atoms with Gasteiger partial charge in [0.1, 0.15) is 5.76 Å². The van der Waals surface area contributed by atoms with Gasteiger partial charge < -0.3 is 15.3 Å². The van der Waals surface area contributed by atoms with Crippen LogP contribution in [0.15, 0.2) is 5.57 Å². The maximum atomic E-state index is 13.5. The summed E-state index contributed by atoms with van der Waals surface area (Å²) in [5, 5.41) is 16.5. The molecule has 0 aliphatic carbocycles. The Morgan fingerprint density at radius 3 is 1.87 bits per heavy atom. The van der Waals surface area contributed by atoms with Crippen LogP contribution in [0.5, 0.6) is 0 Å². The van der Waals surface area contributed by atoms with Crippen LogP contribution in [0, 0.1) is 34.5 Å². The van der Waals surface area contributed by atoms with Crippen molar-refractivity contribution in [3.63, 3.8) is 0 Å².